The second kappa shape index (κ2) is 14.4. The summed E-state index contributed by atoms with van der Waals surface area (Å²) in [5.74, 6) is 1.60. The Bertz CT molecular complexity index is 697. The zero-order valence-corrected chi connectivity index (χ0v) is 20.8. The molecule has 1 unspecified atom stereocenters. The SMILES string of the molecule is CCCCCCCCCCCC1CCC(c2ccc(OC(=O)C(C)(C#N)CC)cc2)CC1. The fourth-order valence-electron chi connectivity index (χ4n) is 4.82. The molecule has 0 radical (unpaired) electrons. The van der Waals surface area contributed by atoms with Crippen LogP contribution in [-0.2, 0) is 4.79 Å². The fourth-order valence-corrected chi connectivity index (χ4v) is 4.82. The summed E-state index contributed by atoms with van der Waals surface area (Å²) in [5, 5.41) is 9.25. The summed E-state index contributed by atoms with van der Waals surface area (Å²) < 4.78 is 5.46. The van der Waals surface area contributed by atoms with Gasteiger partial charge in [0.15, 0.2) is 5.41 Å². The minimum atomic E-state index is -1.08. The topological polar surface area (TPSA) is 50.1 Å². The minimum Gasteiger partial charge on any atom is -0.425 e. The van der Waals surface area contributed by atoms with E-state index < -0.39 is 11.4 Å². The average Bonchev–Trinajstić information content (AvgIpc) is 2.83. The number of ether oxygens (including phenoxy) is 1. The first-order chi connectivity index (χ1) is 15.5. The van der Waals surface area contributed by atoms with Crippen LogP contribution in [-0.4, -0.2) is 5.97 Å². The molecule has 0 N–H and O–H groups in total. The number of nitriles is 1. The highest BCUT2D eigenvalue weighted by Gasteiger charge is 2.33. The lowest BCUT2D eigenvalue weighted by Crippen LogP contribution is -2.29. The van der Waals surface area contributed by atoms with Gasteiger partial charge in [-0.25, -0.2) is 4.79 Å². The molecule has 1 saturated carbocycles. The highest BCUT2D eigenvalue weighted by Crippen LogP contribution is 2.38. The van der Waals surface area contributed by atoms with Gasteiger partial charge in [0.2, 0.25) is 0 Å². The van der Waals surface area contributed by atoms with Crippen LogP contribution in [0.2, 0.25) is 0 Å². The van der Waals surface area contributed by atoms with Gasteiger partial charge in [0.05, 0.1) is 6.07 Å². The number of carbonyl (C=O) groups excluding carboxylic acids is 1. The zero-order valence-electron chi connectivity index (χ0n) is 20.8. The van der Waals surface area contributed by atoms with E-state index >= 15 is 0 Å². The molecule has 1 aliphatic carbocycles. The van der Waals surface area contributed by atoms with Crippen molar-refractivity contribution in [1.82, 2.24) is 0 Å². The van der Waals surface area contributed by atoms with E-state index in [9.17, 15) is 10.1 Å². The van der Waals surface area contributed by atoms with Crippen LogP contribution in [0.3, 0.4) is 0 Å². The predicted octanol–water partition coefficient (Wildman–Crippen LogP) is 8.73. The van der Waals surface area contributed by atoms with Crippen LogP contribution in [0.4, 0.5) is 0 Å². The number of unbranched alkanes of at least 4 members (excludes halogenated alkanes) is 8. The molecule has 0 heterocycles. The maximum absolute atomic E-state index is 12.3. The van der Waals surface area contributed by atoms with Crippen molar-refractivity contribution < 1.29 is 9.53 Å². The number of hydrogen-bond acceptors (Lipinski definition) is 3. The maximum atomic E-state index is 12.3. The van der Waals surface area contributed by atoms with Crippen LogP contribution in [0.1, 0.15) is 129 Å². The quantitative estimate of drug-likeness (QED) is 0.165. The lowest BCUT2D eigenvalue weighted by atomic mass is 9.77. The van der Waals surface area contributed by atoms with Crippen molar-refractivity contribution >= 4 is 5.97 Å². The van der Waals surface area contributed by atoms with E-state index in [1.54, 1.807) is 6.92 Å². The summed E-state index contributed by atoms with van der Waals surface area (Å²) in [5.41, 5.74) is 0.274. The normalized spacial score (nSPS) is 20.3. The zero-order chi connectivity index (χ0) is 23.2. The third kappa shape index (κ3) is 8.61. The van der Waals surface area contributed by atoms with Gasteiger partial charge in [0.25, 0.3) is 0 Å². The predicted molar refractivity (Wildman–Crippen MR) is 133 cm³/mol. The lowest BCUT2D eigenvalue weighted by molar-refractivity contribution is -0.141. The molecule has 0 aliphatic heterocycles. The molecule has 0 saturated heterocycles. The summed E-state index contributed by atoms with van der Waals surface area (Å²) in [7, 11) is 0. The van der Waals surface area contributed by atoms with Gasteiger partial charge in [0.1, 0.15) is 5.75 Å². The van der Waals surface area contributed by atoms with Gasteiger partial charge < -0.3 is 4.74 Å². The molecule has 3 nitrogen and oxygen atoms in total. The van der Waals surface area contributed by atoms with E-state index in [1.165, 1.54) is 95.5 Å². The van der Waals surface area contributed by atoms with E-state index in [2.05, 4.69) is 25.1 Å². The average molecular weight is 440 g/mol. The van der Waals surface area contributed by atoms with Crippen molar-refractivity contribution in [2.45, 2.75) is 123 Å². The second-order valence-corrected chi connectivity index (χ2v) is 10.1. The van der Waals surface area contributed by atoms with Crippen molar-refractivity contribution in [3.05, 3.63) is 29.8 Å². The number of rotatable bonds is 14. The lowest BCUT2D eigenvalue weighted by Gasteiger charge is -2.29. The summed E-state index contributed by atoms with van der Waals surface area (Å²) in [4.78, 5) is 12.3. The third-order valence-corrected chi connectivity index (χ3v) is 7.53. The Morgan fingerprint density at radius 3 is 2.03 bits per heavy atom. The van der Waals surface area contributed by atoms with Gasteiger partial charge in [-0.1, -0.05) is 90.2 Å². The molecule has 3 heteroatoms. The largest absolute Gasteiger partial charge is 0.425 e. The smallest absolute Gasteiger partial charge is 0.331 e. The van der Waals surface area contributed by atoms with E-state index in [0.717, 1.165) is 5.92 Å². The minimum absolute atomic E-state index is 0.447. The number of hydrogen-bond donors (Lipinski definition) is 0. The molecule has 1 aromatic carbocycles. The first kappa shape index (κ1) is 26.4. The second-order valence-electron chi connectivity index (χ2n) is 10.1. The molecule has 0 spiro atoms. The van der Waals surface area contributed by atoms with E-state index in [4.69, 9.17) is 4.74 Å². The van der Waals surface area contributed by atoms with Crippen LogP contribution in [0.5, 0.6) is 5.75 Å². The Balaban J connectivity index is 1.64. The summed E-state index contributed by atoms with van der Waals surface area (Å²) in [6.07, 6.45) is 19.8. The standard InChI is InChI=1S/C29H45NO2/c1-4-6-7-8-9-10-11-12-13-14-24-15-17-25(18-16-24)26-19-21-27(22-20-26)32-28(31)29(3,5-2)23-30/h19-22,24-25H,4-18H2,1-3H3. The van der Waals surface area contributed by atoms with Gasteiger partial charge in [-0.2, -0.15) is 5.26 Å². The van der Waals surface area contributed by atoms with Crippen LogP contribution in [0, 0.1) is 22.7 Å². The summed E-state index contributed by atoms with van der Waals surface area (Å²) in [6, 6.07) is 10.0. The highest BCUT2D eigenvalue weighted by molar-refractivity contribution is 5.81. The number of benzene rings is 1. The molecule has 1 aromatic rings. The molecule has 32 heavy (non-hydrogen) atoms. The Morgan fingerprint density at radius 2 is 1.50 bits per heavy atom. The van der Waals surface area contributed by atoms with E-state index in [1.807, 2.05) is 19.1 Å². The summed E-state index contributed by atoms with van der Waals surface area (Å²) in [6.45, 7) is 5.75. The molecule has 1 atom stereocenters. The molecule has 0 amide bonds. The summed E-state index contributed by atoms with van der Waals surface area (Å²) >= 11 is 0. The van der Waals surface area contributed by atoms with E-state index in [0.29, 0.717) is 18.1 Å². The number of esters is 1. The fraction of sp³-hybridized carbons (Fsp3) is 0.724. The van der Waals surface area contributed by atoms with Crippen molar-refractivity contribution in [2.75, 3.05) is 0 Å². The van der Waals surface area contributed by atoms with Crippen molar-refractivity contribution in [3.63, 3.8) is 0 Å². The first-order valence-electron chi connectivity index (χ1n) is 13.3. The maximum Gasteiger partial charge on any atom is 0.331 e. The number of nitrogens with zero attached hydrogens (tertiary/aromatic N) is 1. The van der Waals surface area contributed by atoms with Crippen LogP contribution < -0.4 is 4.74 Å². The number of carbonyl (C=O) groups is 1. The molecule has 178 valence electrons. The van der Waals surface area contributed by atoms with Crippen molar-refractivity contribution in [3.8, 4) is 11.8 Å². The van der Waals surface area contributed by atoms with E-state index in [-0.39, 0.29) is 0 Å². The Labute approximate surface area is 196 Å². The highest BCUT2D eigenvalue weighted by atomic mass is 16.5. The molecule has 1 aliphatic rings. The van der Waals surface area contributed by atoms with Crippen molar-refractivity contribution in [2.24, 2.45) is 11.3 Å². The Kier molecular flexibility index (Phi) is 11.9. The van der Waals surface area contributed by atoms with Crippen molar-refractivity contribution in [1.29, 1.82) is 5.26 Å². The van der Waals surface area contributed by atoms with Crippen LogP contribution >= 0.6 is 0 Å². The molecule has 0 bridgehead atoms. The monoisotopic (exact) mass is 439 g/mol. The molecular formula is C29H45NO2. The van der Waals surface area contributed by atoms with Crippen LogP contribution in [0.15, 0.2) is 24.3 Å². The van der Waals surface area contributed by atoms with Gasteiger partial charge in [-0.15, -0.1) is 0 Å². The Morgan fingerprint density at radius 1 is 0.938 bits per heavy atom. The third-order valence-electron chi connectivity index (χ3n) is 7.53. The Hall–Kier alpha value is -1.82. The van der Waals surface area contributed by atoms with Gasteiger partial charge in [-0.05, 0) is 68.6 Å². The first-order valence-corrected chi connectivity index (χ1v) is 13.3. The van der Waals surface area contributed by atoms with Gasteiger partial charge in [0, 0.05) is 0 Å². The molecule has 1 fully saturated rings. The molecule has 2 rings (SSSR count). The molecular weight excluding hydrogens is 394 g/mol. The van der Waals surface area contributed by atoms with Gasteiger partial charge >= 0.3 is 5.97 Å². The van der Waals surface area contributed by atoms with Crippen LogP contribution in [0.25, 0.3) is 0 Å². The molecule has 0 aromatic heterocycles. The van der Waals surface area contributed by atoms with Gasteiger partial charge in [-0.3, -0.25) is 0 Å².